The maximum Gasteiger partial charge on any atom is 0.350 e. The molecule has 1 aliphatic heterocycles. The van der Waals surface area contributed by atoms with Gasteiger partial charge in [-0.15, -0.1) is 24.0 Å². The second-order valence-electron chi connectivity index (χ2n) is 6.05. The number of aryl methyl sites for hydroxylation is 1. The summed E-state index contributed by atoms with van der Waals surface area (Å²) in [7, 11) is -4.47. The van der Waals surface area contributed by atoms with Gasteiger partial charge in [-0.25, -0.2) is 8.42 Å². The van der Waals surface area contributed by atoms with Crippen molar-refractivity contribution in [1.29, 1.82) is 0 Å². The number of nitrogens with zero attached hydrogens (tertiary/aromatic N) is 2. The van der Waals surface area contributed by atoms with Crippen molar-refractivity contribution in [3.63, 3.8) is 0 Å². The van der Waals surface area contributed by atoms with E-state index in [0.29, 0.717) is 19.4 Å². The van der Waals surface area contributed by atoms with Crippen LogP contribution in [0.5, 0.6) is 0 Å². The highest BCUT2D eigenvalue weighted by molar-refractivity contribution is 14.0. The van der Waals surface area contributed by atoms with Crippen molar-refractivity contribution >= 4 is 45.6 Å². The Morgan fingerprint density at radius 3 is 2.38 bits per heavy atom. The quantitative estimate of drug-likeness (QED) is 0.356. The van der Waals surface area contributed by atoms with Crippen molar-refractivity contribution in [2.75, 3.05) is 25.0 Å². The molecular weight excluding hydrogens is 477 g/mol. The van der Waals surface area contributed by atoms with Crippen LogP contribution in [0.25, 0.3) is 0 Å². The minimum absolute atomic E-state index is 0. The molecule has 1 heterocycles. The number of aliphatic imine (C=N–C) groups is 1. The van der Waals surface area contributed by atoms with Crippen LogP contribution in [-0.2, 0) is 16.4 Å². The average molecular weight is 502 g/mol. The molecule has 0 radical (unpaired) electrons. The number of rotatable bonds is 6. The SMILES string of the molecule is CCc1ccc(NC(N)=NCC2CCN(S(=O)(=O)C(F)F)CC2)cc1.I. The first-order valence-corrected chi connectivity index (χ1v) is 9.76. The lowest BCUT2D eigenvalue weighted by atomic mass is 9.98. The summed E-state index contributed by atoms with van der Waals surface area (Å²) in [6, 6.07) is 7.87. The lowest BCUT2D eigenvalue weighted by Crippen LogP contribution is -2.41. The third-order valence-corrected chi connectivity index (χ3v) is 5.85. The van der Waals surface area contributed by atoms with Crippen molar-refractivity contribution < 1.29 is 17.2 Å². The number of hydrogen-bond donors (Lipinski definition) is 2. The minimum Gasteiger partial charge on any atom is -0.370 e. The highest BCUT2D eigenvalue weighted by atomic mass is 127. The maximum absolute atomic E-state index is 12.5. The van der Waals surface area contributed by atoms with Crippen LogP contribution < -0.4 is 11.1 Å². The molecule has 0 saturated carbocycles. The zero-order valence-electron chi connectivity index (χ0n) is 14.6. The molecule has 148 valence electrons. The zero-order chi connectivity index (χ0) is 18.4. The summed E-state index contributed by atoms with van der Waals surface area (Å²) < 4.78 is 48.8. The number of hydrogen-bond acceptors (Lipinski definition) is 3. The minimum atomic E-state index is -4.47. The highest BCUT2D eigenvalue weighted by Crippen LogP contribution is 2.22. The van der Waals surface area contributed by atoms with Crippen molar-refractivity contribution in [3.05, 3.63) is 29.8 Å². The molecule has 3 N–H and O–H groups in total. The van der Waals surface area contributed by atoms with Gasteiger partial charge in [0.1, 0.15) is 0 Å². The molecule has 1 aromatic rings. The summed E-state index contributed by atoms with van der Waals surface area (Å²) in [5, 5.41) is 3.00. The molecule has 1 aliphatic rings. The van der Waals surface area contributed by atoms with E-state index >= 15 is 0 Å². The van der Waals surface area contributed by atoms with Crippen LogP contribution in [-0.4, -0.2) is 44.1 Å². The van der Waals surface area contributed by atoms with Gasteiger partial charge in [0, 0.05) is 25.3 Å². The predicted molar refractivity (Wildman–Crippen MR) is 111 cm³/mol. The molecule has 0 bridgehead atoms. The molecular formula is C16H25F2IN4O2S. The monoisotopic (exact) mass is 502 g/mol. The Labute approximate surface area is 170 Å². The third kappa shape index (κ3) is 6.31. The van der Waals surface area contributed by atoms with Crippen LogP contribution in [0, 0.1) is 5.92 Å². The molecule has 2 rings (SSSR count). The molecule has 0 unspecified atom stereocenters. The largest absolute Gasteiger partial charge is 0.370 e. The molecule has 26 heavy (non-hydrogen) atoms. The number of sulfonamides is 1. The van der Waals surface area contributed by atoms with Crippen molar-refractivity contribution in [2.24, 2.45) is 16.6 Å². The van der Waals surface area contributed by atoms with E-state index in [4.69, 9.17) is 5.73 Å². The van der Waals surface area contributed by atoms with Gasteiger partial charge in [-0.3, -0.25) is 4.99 Å². The van der Waals surface area contributed by atoms with E-state index in [1.165, 1.54) is 5.56 Å². The maximum atomic E-state index is 12.5. The smallest absolute Gasteiger partial charge is 0.350 e. The summed E-state index contributed by atoms with van der Waals surface area (Å²) in [5.74, 6) is -2.94. The van der Waals surface area contributed by atoms with Gasteiger partial charge in [0.25, 0.3) is 10.0 Å². The fourth-order valence-electron chi connectivity index (χ4n) is 2.70. The van der Waals surface area contributed by atoms with Crippen LogP contribution in [0.1, 0.15) is 25.3 Å². The summed E-state index contributed by atoms with van der Waals surface area (Å²) in [6.07, 6.45) is 1.95. The third-order valence-electron chi connectivity index (χ3n) is 4.31. The molecule has 1 aromatic carbocycles. The Kier molecular flexibility index (Phi) is 9.17. The van der Waals surface area contributed by atoms with Gasteiger partial charge < -0.3 is 11.1 Å². The highest BCUT2D eigenvalue weighted by Gasteiger charge is 2.34. The van der Waals surface area contributed by atoms with E-state index in [1.54, 1.807) is 0 Å². The molecule has 6 nitrogen and oxygen atoms in total. The number of piperidine rings is 1. The van der Waals surface area contributed by atoms with E-state index in [1.807, 2.05) is 24.3 Å². The summed E-state index contributed by atoms with van der Waals surface area (Å²) in [4.78, 5) is 4.28. The molecule has 1 saturated heterocycles. The number of guanidine groups is 1. The van der Waals surface area contributed by atoms with Gasteiger partial charge >= 0.3 is 5.76 Å². The van der Waals surface area contributed by atoms with E-state index < -0.39 is 15.8 Å². The average Bonchev–Trinajstić information content (AvgIpc) is 2.61. The summed E-state index contributed by atoms with van der Waals surface area (Å²) in [5.41, 5.74) is 7.94. The first-order chi connectivity index (χ1) is 11.8. The normalized spacial score (nSPS) is 17.2. The topological polar surface area (TPSA) is 87.8 Å². The molecule has 0 atom stereocenters. The van der Waals surface area contributed by atoms with Gasteiger partial charge in [0.15, 0.2) is 5.96 Å². The molecule has 0 aliphatic carbocycles. The molecule has 0 aromatic heterocycles. The van der Waals surface area contributed by atoms with Gasteiger partial charge in [-0.2, -0.15) is 13.1 Å². The number of nitrogens with one attached hydrogen (secondary N) is 1. The molecule has 1 fully saturated rings. The van der Waals surface area contributed by atoms with Gasteiger partial charge in [0.2, 0.25) is 0 Å². The second-order valence-corrected chi connectivity index (χ2v) is 7.95. The van der Waals surface area contributed by atoms with Crippen LogP contribution in [0.2, 0.25) is 0 Å². The van der Waals surface area contributed by atoms with Gasteiger partial charge in [-0.05, 0) is 42.9 Å². The predicted octanol–water partition coefficient (Wildman–Crippen LogP) is 2.86. The number of halogens is 3. The van der Waals surface area contributed by atoms with Gasteiger partial charge in [-0.1, -0.05) is 19.1 Å². The standard InChI is InChI=1S/C16H24F2N4O2S.HI/c1-2-12-3-5-14(6-4-12)21-16(19)20-11-13-7-9-22(10-8-13)25(23,24)15(17)18;/h3-6,13,15H,2,7-11H2,1H3,(H3,19,20,21);1H. The Bertz CT molecular complexity index is 691. The van der Waals surface area contributed by atoms with Crippen molar-refractivity contribution in [2.45, 2.75) is 31.9 Å². The first-order valence-electron chi connectivity index (χ1n) is 8.26. The second kappa shape index (κ2) is 10.4. The summed E-state index contributed by atoms with van der Waals surface area (Å²) >= 11 is 0. The molecule has 10 heteroatoms. The number of alkyl halides is 2. The van der Waals surface area contributed by atoms with E-state index in [2.05, 4.69) is 17.2 Å². The van der Waals surface area contributed by atoms with E-state index in [-0.39, 0.29) is 48.9 Å². The Balaban J connectivity index is 0.00000338. The number of benzene rings is 1. The van der Waals surface area contributed by atoms with Crippen molar-refractivity contribution in [1.82, 2.24) is 4.31 Å². The van der Waals surface area contributed by atoms with Gasteiger partial charge in [0.05, 0.1) is 0 Å². The lowest BCUT2D eigenvalue weighted by molar-refractivity contribution is 0.205. The van der Waals surface area contributed by atoms with Crippen molar-refractivity contribution in [3.8, 4) is 0 Å². The summed E-state index contributed by atoms with van der Waals surface area (Å²) in [6.45, 7) is 2.71. The Hall–Kier alpha value is -1.01. The number of anilines is 1. The molecule has 0 amide bonds. The van der Waals surface area contributed by atoms with Crippen LogP contribution in [0.15, 0.2) is 29.3 Å². The van der Waals surface area contributed by atoms with Crippen LogP contribution in [0.3, 0.4) is 0 Å². The lowest BCUT2D eigenvalue weighted by Gasteiger charge is -2.30. The fraction of sp³-hybridized carbons (Fsp3) is 0.562. The Morgan fingerprint density at radius 2 is 1.88 bits per heavy atom. The van der Waals surface area contributed by atoms with Crippen LogP contribution >= 0.6 is 24.0 Å². The Morgan fingerprint density at radius 1 is 1.31 bits per heavy atom. The van der Waals surface area contributed by atoms with Crippen LogP contribution in [0.4, 0.5) is 14.5 Å². The zero-order valence-corrected chi connectivity index (χ0v) is 17.7. The fourth-order valence-corrected chi connectivity index (χ4v) is 3.64. The molecule has 0 spiro atoms. The van der Waals surface area contributed by atoms with E-state index in [9.17, 15) is 17.2 Å². The van der Waals surface area contributed by atoms with E-state index in [0.717, 1.165) is 16.4 Å². The first kappa shape index (κ1) is 23.0. The number of nitrogens with two attached hydrogens (primary N) is 1.